The lowest BCUT2D eigenvalue weighted by Gasteiger charge is -2.39. The Labute approximate surface area is 114 Å². The molecule has 0 radical (unpaired) electrons. The zero-order valence-corrected chi connectivity index (χ0v) is 11.9. The maximum Gasteiger partial charge on any atom is 0.227 e. The van der Waals surface area contributed by atoms with Gasteiger partial charge in [-0.1, -0.05) is 6.92 Å². The standard InChI is InChI=1S/C14H23N3O2/c1-9-5-4-6-17(13(9)8-18)14(19)7-12-10(2)15-16-11(12)3/h9,13,18H,4-8H2,1-3H3,(H,15,16)/t9-,13+/m0/s1. The van der Waals surface area contributed by atoms with Crippen LogP contribution in [0.15, 0.2) is 0 Å². The fourth-order valence-corrected chi connectivity index (χ4v) is 2.92. The SMILES string of the molecule is Cc1n[nH]c(C)c1CC(=O)N1CCC[C@H](C)[C@H]1CO. The lowest BCUT2D eigenvalue weighted by Crippen LogP contribution is -2.50. The van der Waals surface area contributed by atoms with Gasteiger partial charge in [-0.2, -0.15) is 5.10 Å². The average Bonchev–Trinajstić information content (AvgIpc) is 2.70. The number of aliphatic hydroxyl groups is 1. The highest BCUT2D eigenvalue weighted by Gasteiger charge is 2.31. The average molecular weight is 265 g/mol. The van der Waals surface area contributed by atoms with E-state index < -0.39 is 0 Å². The Morgan fingerprint density at radius 3 is 2.84 bits per heavy atom. The monoisotopic (exact) mass is 265 g/mol. The van der Waals surface area contributed by atoms with E-state index in [0.717, 1.165) is 36.3 Å². The van der Waals surface area contributed by atoms with Gasteiger partial charge in [0.2, 0.25) is 5.91 Å². The summed E-state index contributed by atoms with van der Waals surface area (Å²) in [4.78, 5) is 14.3. The molecule has 106 valence electrons. The van der Waals surface area contributed by atoms with Gasteiger partial charge in [-0.3, -0.25) is 9.89 Å². The lowest BCUT2D eigenvalue weighted by atomic mass is 9.90. The van der Waals surface area contributed by atoms with E-state index >= 15 is 0 Å². The highest BCUT2D eigenvalue weighted by atomic mass is 16.3. The molecule has 2 N–H and O–H groups in total. The van der Waals surface area contributed by atoms with Gasteiger partial charge in [0.15, 0.2) is 0 Å². The van der Waals surface area contributed by atoms with Crippen LogP contribution in [0.1, 0.15) is 36.7 Å². The third-order valence-electron chi connectivity index (χ3n) is 4.23. The molecule has 1 aromatic rings. The van der Waals surface area contributed by atoms with Crippen LogP contribution in [0.2, 0.25) is 0 Å². The van der Waals surface area contributed by atoms with Gasteiger partial charge in [0, 0.05) is 17.8 Å². The molecule has 0 bridgehead atoms. The zero-order valence-electron chi connectivity index (χ0n) is 11.9. The van der Waals surface area contributed by atoms with Crippen molar-refractivity contribution in [2.75, 3.05) is 13.2 Å². The van der Waals surface area contributed by atoms with E-state index in [1.54, 1.807) is 0 Å². The van der Waals surface area contributed by atoms with Crippen molar-refractivity contribution in [1.29, 1.82) is 0 Å². The second-order valence-electron chi connectivity index (χ2n) is 5.55. The van der Waals surface area contributed by atoms with Crippen molar-refractivity contribution in [3.8, 4) is 0 Å². The number of nitrogens with one attached hydrogen (secondary N) is 1. The number of aliphatic hydroxyl groups excluding tert-OH is 1. The van der Waals surface area contributed by atoms with Gasteiger partial charge in [0.05, 0.1) is 24.8 Å². The number of likely N-dealkylation sites (tertiary alicyclic amines) is 1. The van der Waals surface area contributed by atoms with Gasteiger partial charge in [-0.25, -0.2) is 0 Å². The molecule has 19 heavy (non-hydrogen) atoms. The molecule has 1 aliphatic rings. The van der Waals surface area contributed by atoms with Crippen LogP contribution in [0, 0.1) is 19.8 Å². The fraction of sp³-hybridized carbons (Fsp3) is 0.714. The number of aryl methyl sites for hydroxylation is 2. The van der Waals surface area contributed by atoms with Gasteiger partial charge in [-0.15, -0.1) is 0 Å². The Balaban J connectivity index is 2.10. The van der Waals surface area contributed by atoms with E-state index in [2.05, 4.69) is 17.1 Å². The molecule has 5 heteroatoms. The minimum Gasteiger partial charge on any atom is -0.394 e. The molecular weight excluding hydrogens is 242 g/mol. The zero-order chi connectivity index (χ0) is 14.0. The highest BCUT2D eigenvalue weighted by Crippen LogP contribution is 2.24. The van der Waals surface area contributed by atoms with Gasteiger partial charge in [0.25, 0.3) is 0 Å². The molecule has 1 saturated heterocycles. The minimum absolute atomic E-state index is 0.0336. The van der Waals surface area contributed by atoms with Crippen molar-refractivity contribution in [3.63, 3.8) is 0 Å². The Morgan fingerprint density at radius 2 is 2.26 bits per heavy atom. The molecule has 2 heterocycles. The minimum atomic E-state index is -0.0336. The Hall–Kier alpha value is -1.36. The largest absolute Gasteiger partial charge is 0.394 e. The molecule has 0 aliphatic carbocycles. The van der Waals surface area contributed by atoms with Gasteiger partial charge >= 0.3 is 0 Å². The topological polar surface area (TPSA) is 69.2 Å². The van der Waals surface area contributed by atoms with Gasteiger partial charge in [0.1, 0.15) is 0 Å². The number of piperidine rings is 1. The molecule has 2 rings (SSSR count). The van der Waals surface area contributed by atoms with E-state index in [1.807, 2.05) is 18.7 Å². The number of aromatic amines is 1. The predicted octanol–water partition coefficient (Wildman–Crippen LogP) is 1.19. The van der Waals surface area contributed by atoms with E-state index in [-0.39, 0.29) is 18.6 Å². The number of carbonyl (C=O) groups excluding carboxylic acids is 1. The summed E-state index contributed by atoms with van der Waals surface area (Å²) in [5, 5.41) is 16.5. The van der Waals surface area contributed by atoms with Crippen molar-refractivity contribution in [3.05, 3.63) is 17.0 Å². The van der Waals surface area contributed by atoms with E-state index in [0.29, 0.717) is 12.3 Å². The van der Waals surface area contributed by atoms with Crippen molar-refractivity contribution in [1.82, 2.24) is 15.1 Å². The molecule has 2 atom stereocenters. The molecule has 1 amide bonds. The van der Waals surface area contributed by atoms with Crippen molar-refractivity contribution in [2.24, 2.45) is 5.92 Å². The number of aromatic nitrogens is 2. The quantitative estimate of drug-likeness (QED) is 0.862. The number of hydrogen-bond donors (Lipinski definition) is 2. The first-order chi connectivity index (χ1) is 9.04. The number of H-pyrrole nitrogens is 1. The molecule has 0 unspecified atom stereocenters. The number of amides is 1. The smallest absolute Gasteiger partial charge is 0.227 e. The molecule has 1 aromatic heterocycles. The van der Waals surface area contributed by atoms with Crippen LogP contribution < -0.4 is 0 Å². The molecule has 0 aromatic carbocycles. The first kappa shape index (κ1) is 14.1. The van der Waals surface area contributed by atoms with Crippen LogP contribution in [-0.2, 0) is 11.2 Å². The van der Waals surface area contributed by atoms with E-state index in [1.165, 1.54) is 0 Å². The van der Waals surface area contributed by atoms with Crippen molar-refractivity contribution in [2.45, 2.75) is 46.1 Å². The summed E-state index contributed by atoms with van der Waals surface area (Å²) < 4.78 is 0. The molecule has 5 nitrogen and oxygen atoms in total. The number of carbonyl (C=O) groups is 1. The number of rotatable bonds is 3. The van der Waals surface area contributed by atoms with Gasteiger partial charge < -0.3 is 10.0 Å². The van der Waals surface area contributed by atoms with E-state index in [9.17, 15) is 9.90 Å². The third kappa shape index (κ3) is 2.81. The van der Waals surface area contributed by atoms with Crippen molar-refractivity contribution >= 4 is 5.91 Å². The summed E-state index contributed by atoms with van der Waals surface area (Å²) in [5.41, 5.74) is 2.83. The molecule has 1 fully saturated rings. The van der Waals surface area contributed by atoms with Crippen LogP contribution in [0.25, 0.3) is 0 Å². The molecule has 0 saturated carbocycles. The van der Waals surface area contributed by atoms with Crippen LogP contribution in [0.4, 0.5) is 0 Å². The van der Waals surface area contributed by atoms with Crippen LogP contribution in [0.5, 0.6) is 0 Å². The lowest BCUT2D eigenvalue weighted by molar-refractivity contribution is -0.136. The van der Waals surface area contributed by atoms with Crippen LogP contribution >= 0.6 is 0 Å². The van der Waals surface area contributed by atoms with Crippen molar-refractivity contribution < 1.29 is 9.90 Å². The summed E-state index contributed by atoms with van der Waals surface area (Å²) in [5.74, 6) is 0.465. The second-order valence-corrected chi connectivity index (χ2v) is 5.55. The number of nitrogens with zero attached hydrogens (tertiary/aromatic N) is 2. The van der Waals surface area contributed by atoms with Crippen LogP contribution in [-0.4, -0.2) is 45.3 Å². The second kappa shape index (κ2) is 5.74. The predicted molar refractivity (Wildman–Crippen MR) is 72.8 cm³/mol. The highest BCUT2D eigenvalue weighted by molar-refractivity contribution is 5.79. The van der Waals surface area contributed by atoms with E-state index in [4.69, 9.17) is 0 Å². The summed E-state index contributed by atoms with van der Waals surface area (Å²) >= 11 is 0. The molecule has 1 aliphatic heterocycles. The van der Waals surface area contributed by atoms with Gasteiger partial charge in [-0.05, 0) is 32.6 Å². The maximum atomic E-state index is 12.5. The normalized spacial score (nSPS) is 23.7. The Morgan fingerprint density at radius 1 is 1.53 bits per heavy atom. The Bertz CT molecular complexity index is 436. The first-order valence-electron chi connectivity index (χ1n) is 6.95. The number of hydrogen-bond acceptors (Lipinski definition) is 3. The summed E-state index contributed by atoms with van der Waals surface area (Å²) in [6.07, 6.45) is 2.48. The summed E-state index contributed by atoms with van der Waals surface area (Å²) in [6, 6.07) is -0.0336. The first-order valence-corrected chi connectivity index (χ1v) is 6.95. The maximum absolute atomic E-state index is 12.5. The summed E-state index contributed by atoms with van der Waals surface area (Å²) in [6.45, 7) is 6.76. The molecule has 0 spiro atoms. The third-order valence-corrected chi connectivity index (χ3v) is 4.23. The van der Waals surface area contributed by atoms with Crippen LogP contribution in [0.3, 0.4) is 0 Å². The molecular formula is C14H23N3O2. The Kier molecular flexibility index (Phi) is 4.24. The summed E-state index contributed by atoms with van der Waals surface area (Å²) in [7, 11) is 0. The fourth-order valence-electron chi connectivity index (χ4n) is 2.92.